The Hall–Kier alpha value is -1.03. The third kappa shape index (κ3) is 3.03. The molecule has 1 atom stereocenters. The molecule has 0 saturated carbocycles. The van der Waals surface area contributed by atoms with Crippen molar-refractivity contribution in [1.82, 2.24) is 9.88 Å². The molecule has 0 aliphatic carbocycles. The van der Waals surface area contributed by atoms with E-state index in [1.807, 2.05) is 12.1 Å². The fourth-order valence-electron chi connectivity index (χ4n) is 1.16. The Kier molecular flexibility index (Phi) is 3.95. The number of carbonyl (C=O) groups is 1. The van der Waals surface area contributed by atoms with E-state index in [-0.39, 0.29) is 11.2 Å². The van der Waals surface area contributed by atoms with Gasteiger partial charge in [0.05, 0.1) is 5.25 Å². The van der Waals surface area contributed by atoms with Crippen molar-refractivity contribution >= 4 is 18.5 Å². The van der Waals surface area contributed by atoms with E-state index >= 15 is 0 Å². The van der Waals surface area contributed by atoms with Crippen LogP contribution in [0.4, 0.5) is 0 Å². The zero-order valence-electron chi connectivity index (χ0n) is 8.34. The van der Waals surface area contributed by atoms with Crippen molar-refractivity contribution in [2.24, 2.45) is 0 Å². The van der Waals surface area contributed by atoms with Gasteiger partial charge in [0.25, 0.3) is 0 Å². The molecule has 1 amide bonds. The highest BCUT2D eigenvalue weighted by atomic mass is 32.1. The van der Waals surface area contributed by atoms with Crippen molar-refractivity contribution in [2.75, 3.05) is 7.05 Å². The number of aromatic nitrogens is 1. The van der Waals surface area contributed by atoms with Crippen molar-refractivity contribution in [3.05, 3.63) is 30.1 Å². The second-order valence-electron chi connectivity index (χ2n) is 3.23. The molecule has 0 spiro atoms. The molecule has 0 radical (unpaired) electrons. The topological polar surface area (TPSA) is 33.2 Å². The molecule has 0 aliphatic heterocycles. The number of nitrogens with zero attached hydrogens (tertiary/aromatic N) is 2. The van der Waals surface area contributed by atoms with Gasteiger partial charge in [-0.25, -0.2) is 0 Å². The Labute approximate surface area is 89.6 Å². The lowest BCUT2D eigenvalue weighted by atomic mass is 10.2. The zero-order valence-corrected chi connectivity index (χ0v) is 9.24. The summed E-state index contributed by atoms with van der Waals surface area (Å²) in [4.78, 5) is 17.1. The largest absolute Gasteiger partial charge is 0.340 e. The van der Waals surface area contributed by atoms with Crippen molar-refractivity contribution in [1.29, 1.82) is 0 Å². The van der Waals surface area contributed by atoms with Crippen LogP contribution in [0.3, 0.4) is 0 Å². The quantitative estimate of drug-likeness (QED) is 0.764. The molecule has 1 aromatic rings. The zero-order chi connectivity index (χ0) is 10.6. The van der Waals surface area contributed by atoms with Crippen molar-refractivity contribution in [2.45, 2.75) is 18.7 Å². The predicted octanol–water partition coefficient (Wildman–Crippen LogP) is 1.36. The maximum absolute atomic E-state index is 11.5. The number of pyridine rings is 1. The van der Waals surface area contributed by atoms with Gasteiger partial charge in [0.15, 0.2) is 0 Å². The lowest BCUT2D eigenvalue weighted by Crippen LogP contribution is -2.31. The van der Waals surface area contributed by atoms with E-state index in [1.54, 1.807) is 31.3 Å². The molecule has 0 aliphatic rings. The van der Waals surface area contributed by atoms with Crippen LogP contribution in [0, 0.1) is 0 Å². The lowest BCUT2D eigenvalue weighted by Gasteiger charge is -2.18. The Balaban J connectivity index is 2.57. The number of amides is 1. The molecule has 1 aromatic heterocycles. The molecule has 0 bridgehead atoms. The third-order valence-electron chi connectivity index (χ3n) is 1.90. The maximum atomic E-state index is 11.5. The van der Waals surface area contributed by atoms with Crippen molar-refractivity contribution < 1.29 is 4.79 Å². The van der Waals surface area contributed by atoms with Gasteiger partial charge in [-0.05, 0) is 24.6 Å². The molecule has 1 heterocycles. The van der Waals surface area contributed by atoms with Crippen LogP contribution in [-0.2, 0) is 11.3 Å². The van der Waals surface area contributed by atoms with Gasteiger partial charge in [-0.15, -0.1) is 0 Å². The molecule has 0 aromatic carbocycles. The lowest BCUT2D eigenvalue weighted by molar-refractivity contribution is -0.129. The summed E-state index contributed by atoms with van der Waals surface area (Å²) < 4.78 is 0. The number of carbonyl (C=O) groups excluding carboxylic acids is 1. The summed E-state index contributed by atoms with van der Waals surface area (Å²) in [6, 6.07) is 3.79. The first-order valence-electron chi connectivity index (χ1n) is 4.43. The van der Waals surface area contributed by atoms with Crippen LogP contribution in [0.5, 0.6) is 0 Å². The first-order chi connectivity index (χ1) is 6.61. The minimum atomic E-state index is -0.248. The van der Waals surface area contributed by atoms with Crippen LogP contribution in [0.1, 0.15) is 12.5 Å². The molecule has 0 saturated heterocycles. The monoisotopic (exact) mass is 210 g/mol. The summed E-state index contributed by atoms with van der Waals surface area (Å²) in [5.41, 5.74) is 1.07. The van der Waals surface area contributed by atoms with E-state index in [9.17, 15) is 4.79 Å². The average Bonchev–Trinajstić information content (AvgIpc) is 2.18. The second kappa shape index (κ2) is 5.00. The fraction of sp³-hybridized carbons (Fsp3) is 0.400. The molecule has 1 unspecified atom stereocenters. The van der Waals surface area contributed by atoms with E-state index in [4.69, 9.17) is 0 Å². The Morgan fingerprint density at radius 1 is 1.57 bits per heavy atom. The highest BCUT2D eigenvalue weighted by Gasteiger charge is 2.13. The van der Waals surface area contributed by atoms with Gasteiger partial charge in [-0.3, -0.25) is 9.78 Å². The normalized spacial score (nSPS) is 12.2. The minimum absolute atomic E-state index is 0.0325. The van der Waals surface area contributed by atoms with Gasteiger partial charge in [0, 0.05) is 26.0 Å². The van der Waals surface area contributed by atoms with E-state index < -0.39 is 0 Å². The highest BCUT2D eigenvalue weighted by Crippen LogP contribution is 2.05. The molecular weight excluding hydrogens is 196 g/mol. The second-order valence-corrected chi connectivity index (χ2v) is 4.00. The van der Waals surface area contributed by atoms with Crippen LogP contribution >= 0.6 is 12.6 Å². The summed E-state index contributed by atoms with van der Waals surface area (Å²) in [5, 5.41) is -0.248. The average molecular weight is 210 g/mol. The van der Waals surface area contributed by atoms with Crippen LogP contribution < -0.4 is 0 Å². The molecule has 0 N–H and O–H groups in total. The summed E-state index contributed by atoms with van der Waals surface area (Å²) in [5.74, 6) is 0.0325. The maximum Gasteiger partial charge on any atom is 0.235 e. The van der Waals surface area contributed by atoms with Gasteiger partial charge in [0.2, 0.25) is 5.91 Å². The Morgan fingerprint density at radius 2 is 2.14 bits per heavy atom. The summed E-state index contributed by atoms with van der Waals surface area (Å²) in [7, 11) is 1.77. The smallest absolute Gasteiger partial charge is 0.235 e. The molecule has 76 valence electrons. The molecule has 1 rings (SSSR count). The molecular formula is C10H14N2OS. The van der Waals surface area contributed by atoms with Gasteiger partial charge < -0.3 is 4.90 Å². The number of thiol groups is 1. The third-order valence-corrected chi connectivity index (χ3v) is 2.12. The van der Waals surface area contributed by atoms with Crippen LogP contribution in [0.15, 0.2) is 24.5 Å². The molecule has 4 heteroatoms. The van der Waals surface area contributed by atoms with Gasteiger partial charge >= 0.3 is 0 Å². The first-order valence-corrected chi connectivity index (χ1v) is 4.95. The van der Waals surface area contributed by atoms with Gasteiger partial charge in [-0.1, -0.05) is 0 Å². The summed E-state index contributed by atoms with van der Waals surface area (Å²) in [6.07, 6.45) is 3.44. The number of hydrogen-bond donors (Lipinski definition) is 1. The van der Waals surface area contributed by atoms with Gasteiger partial charge in [0.1, 0.15) is 0 Å². The van der Waals surface area contributed by atoms with Gasteiger partial charge in [-0.2, -0.15) is 12.6 Å². The predicted molar refractivity (Wildman–Crippen MR) is 59.2 cm³/mol. The number of rotatable bonds is 3. The standard InChI is InChI=1S/C10H14N2OS/c1-8(14)10(13)12(2)7-9-3-5-11-6-4-9/h3-6,8,14H,7H2,1-2H3. The summed E-state index contributed by atoms with van der Waals surface area (Å²) >= 11 is 4.10. The van der Waals surface area contributed by atoms with E-state index in [0.717, 1.165) is 5.56 Å². The summed E-state index contributed by atoms with van der Waals surface area (Å²) in [6.45, 7) is 2.38. The highest BCUT2D eigenvalue weighted by molar-refractivity contribution is 7.81. The van der Waals surface area contributed by atoms with E-state index in [0.29, 0.717) is 6.54 Å². The van der Waals surface area contributed by atoms with E-state index in [1.165, 1.54) is 0 Å². The van der Waals surface area contributed by atoms with Crippen LogP contribution in [-0.4, -0.2) is 28.1 Å². The van der Waals surface area contributed by atoms with Crippen LogP contribution in [0.2, 0.25) is 0 Å². The molecule has 14 heavy (non-hydrogen) atoms. The fourth-order valence-corrected chi connectivity index (χ4v) is 1.36. The van der Waals surface area contributed by atoms with Crippen LogP contribution in [0.25, 0.3) is 0 Å². The van der Waals surface area contributed by atoms with Crippen molar-refractivity contribution in [3.63, 3.8) is 0 Å². The Morgan fingerprint density at radius 3 is 2.64 bits per heavy atom. The number of hydrogen-bond acceptors (Lipinski definition) is 3. The minimum Gasteiger partial charge on any atom is -0.340 e. The Bertz CT molecular complexity index is 300. The molecule has 0 fully saturated rings. The van der Waals surface area contributed by atoms with Crippen molar-refractivity contribution in [3.8, 4) is 0 Å². The SMILES string of the molecule is CC(S)C(=O)N(C)Cc1ccncc1. The first kappa shape index (κ1) is 11.0. The molecule has 3 nitrogen and oxygen atoms in total. The van der Waals surface area contributed by atoms with E-state index in [2.05, 4.69) is 17.6 Å².